The lowest BCUT2D eigenvalue weighted by atomic mass is 10.00. The summed E-state index contributed by atoms with van der Waals surface area (Å²) < 4.78 is 6.94. The zero-order chi connectivity index (χ0) is 26.8. The second kappa shape index (κ2) is 10.7. The van der Waals surface area contributed by atoms with Gasteiger partial charge in [0.15, 0.2) is 5.82 Å². The SMILES string of the molecule is COCCn1nnnc1[C@@H](c1cc2cc(C)cc(C)c2[nH]c1=O)N1CCN(c2ccc([N+](=O)[O-])cc2)CC1. The lowest BCUT2D eigenvalue weighted by molar-refractivity contribution is -0.384. The van der Waals surface area contributed by atoms with Gasteiger partial charge in [-0.3, -0.25) is 19.8 Å². The van der Waals surface area contributed by atoms with Crippen LogP contribution in [0.3, 0.4) is 0 Å². The van der Waals surface area contributed by atoms with E-state index in [1.807, 2.05) is 19.9 Å². The molecule has 0 bridgehead atoms. The highest BCUT2D eigenvalue weighted by Crippen LogP contribution is 2.30. The number of nitro benzene ring substituents is 1. The van der Waals surface area contributed by atoms with Crippen LogP contribution in [0.2, 0.25) is 0 Å². The van der Waals surface area contributed by atoms with Gasteiger partial charge in [0, 0.05) is 56.7 Å². The third kappa shape index (κ3) is 5.00. The molecule has 2 aromatic carbocycles. The number of anilines is 1. The molecule has 1 saturated heterocycles. The number of nitro groups is 1. The summed E-state index contributed by atoms with van der Waals surface area (Å²) in [6.07, 6.45) is 0. The summed E-state index contributed by atoms with van der Waals surface area (Å²) in [5.74, 6) is 0.583. The van der Waals surface area contributed by atoms with Gasteiger partial charge >= 0.3 is 0 Å². The van der Waals surface area contributed by atoms with Crippen molar-refractivity contribution in [1.82, 2.24) is 30.1 Å². The summed E-state index contributed by atoms with van der Waals surface area (Å²) in [7, 11) is 1.62. The maximum Gasteiger partial charge on any atom is 0.269 e. The van der Waals surface area contributed by atoms with Crippen molar-refractivity contribution < 1.29 is 9.66 Å². The van der Waals surface area contributed by atoms with E-state index in [-0.39, 0.29) is 11.2 Å². The molecule has 0 spiro atoms. The van der Waals surface area contributed by atoms with Crippen molar-refractivity contribution in [1.29, 1.82) is 0 Å². The van der Waals surface area contributed by atoms with Crippen LogP contribution in [0.4, 0.5) is 11.4 Å². The maximum atomic E-state index is 13.5. The molecule has 38 heavy (non-hydrogen) atoms. The Labute approximate surface area is 219 Å². The van der Waals surface area contributed by atoms with E-state index in [9.17, 15) is 14.9 Å². The summed E-state index contributed by atoms with van der Waals surface area (Å²) >= 11 is 0. The van der Waals surface area contributed by atoms with Gasteiger partial charge in [-0.15, -0.1) is 5.10 Å². The molecule has 3 heterocycles. The number of non-ortho nitro benzene ring substituents is 1. The third-order valence-electron chi connectivity index (χ3n) is 7.03. The van der Waals surface area contributed by atoms with Crippen LogP contribution in [-0.2, 0) is 11.3 Å². The molecule has 2 aromatic heterocycles. The number of aromatic nitrogens is 5. The first-order valence-corrected chi connectivity index (χ1v) is 12.5. The average Bonchev–Trinajstić information content (AvgIpc) is 3.37. The number of nitrogens with one attached hydrogen (secondary N) is 1. The standard InChI is InChI=1S/C26H30N8O4/c1-17-14-18(2)23-19(15-17)16-22(26(35)27-23)24(25-28-29-30-33(25)12-13-38-3)32-10-8-31(9-11-32)20-4-6-21(7-5-20)34(36)37/h4-7,14-16,24H,8-13H2,1-3H3,(H,27,35)/t24-/m1/s1. The van der Waals surface area contributed by atoms with Crippen molar-refractivity contribution >= 4 is 22.3 Å². The number of tetrazole rings is 1. The molecule has 1 N–H and O–H groups in total. The molecule has 12 heteroatoms. The molecule has 0 saturated carbocycles. The van der Waals surface area contributed by atoms with Gasteiger partial charge in [0.1, 0.15) is 6.04 Å². The number of hydrogen-bond acceptors (Lipinski definition) is 9. The van der Waals surface area contributed by atoms with E-state index in [0.29, 0.717) is 50.7 Å². The third-order valence-corrected chi connectivity index (χ3v) is 7.03. The van der Waals surface area contributed by atoms with Gasteiger partial charge in [-0.1, -0.05) is 11.6 Å². The normalized spacial score (nSPS) is 15.2. The Morgan fingerprint density at radius 1 is 1.11 bits per heavy atom. The fourth-order valence-corrected chi connectivity index (χ4v) is 5.17. The summed E-state index contributed by atoms with van der Waals surface area (Å²) in [6, 6.07) is 12.2. The zero-order valence-electron chi connectivity index (χ0n) is 21.6. The Morgan fingerprint density at radius 2 is 1.84 bits per heavy atom. The van der Waals surface area contributed by atoms with Gasteiger partial charge in [0.25, 0.3) is 11.2 Å². The van der Waals surface area contributed by atoms with Gasteiger partial charge in [0.05, 0.1) is 23.6 Å². The quantitative estimate of drug-likeness (QED) is 0.276. The minimum Gasteiger partial charge on any atom is -0.383 e. The van der Waals surface area contributed by atoms with Gasteiger partial charge in [0.2, 0.25) is 0 Å². The van der Waals surface area contributed by atoms with Crippen LogP contribution in [0.15, 0.2) is 47.3 Å². The Bertz CT molecular complexity index is 1510. The number of rotatable bonds is 8. The van der Waals surface area contributed by atoms with Crippen molar-refractivity contribution in [3.63, 3.8) is 0 Å². The van der Waals surface area contributed by atoms with Crippen molar-refractivity contribution in [2.75, 3.05) is 44.8 Å². The van der Waals surface area contributed by atoms with Gasteiger partial charge in [-0.05, 0) is 59.5 Å². The van der Waals surface area contributed by atoms with Crippen LogP contribution >= 0.6 is 0 Å². The minimum absolute atomic E-state index is 0.0661. The highest BCUT2D eigenvalue weighted by atomic mass is 16.6. The molecule has 1 aliphatic heterocycles. The molecule has 5 rings (SSSR count). The van der Waals surface area contributed by atoms with Crippen molar-refractivity contribution in [2.24, 2.45) is 0 Å². The first-order valence-electron chi connectivity index (χ1n) is 12.5. The van der Waals surface area contributed by atoms with Gasteiger partial charge in [-0.2, -0.15) is 0 Å². The fourth-order valence-electron chi connectivity index (χ4n) is 5.17. The number of hydrogen-bond donors (Lipinski definition) is 1. The predicted molar refractivity (Wildman–Crippen MR) is 142 cm³/mol. The molecule has 1 fully saturated rings. The zero-order valence-corrected chi connectivity index (χ0v) is 21.6. The van der Waals surface area contributed by atoms with Crippen molar-refractivity contribution in [3.8, 4) is 0 Å². The van der Waals surface area contributed by atoms with Crippen molar-refractivity contribution in [3.05, 3.63) is 85.4 Å². The molecular formula is C26H30N8O4. The molecule has 4 aromatic rings. The van der Waals surface area contributed by atoms with Gasteiger partial charge in [-0.25, -0.2) is 4.68 Å². The number of benzene rings is 2. The lowest BCUT2D eigenvalue weighted by Gasteiger charge is -2.39. The molecule has 0 amide bonds. The largest absolute Gasteiger partial charge is 0.383 e. The predicted octanol–water partition coefficient (Wildman–Crippen LogP) is 2.60. The van der Waals surface area contributed by atoms with E-state index in [4.69, 9.17) is 4.74 Å². The fraction of sp³-hybridized carbons (Fsp3) is 0.385. The van der Waals surface area contributed by atoms with Crippen LogP contribution in [0, 0.1) is 24.0 Å². The van der Waals surface area contributed by atoms with E-state index >= 15 is 0 Å². The number of H-pyrrole nitrogens is 1. The Morgan fingerprint density at radius 3 is 2.53 bits per heavy atom. The maximum absolute atomic E-state index is 13.5. The highest BCUT2D eigenvalue weighted by molar-refractivity contribution is 5.83. The lowest BCUT2D eigenvalue weighted by Crippen LogP contribution is -2.49. The summed E-state index contributed by atoms with van der Waals surface area (Å²) in [4.78, 5) is 31.6. The first kappa shape index (κ1) is 25.5. The van der Waals surface area contributed by atoms with Crippen LogP contribution < -0.4 is 10.5 Å². The number of aromatic amines is 1. The number of nitrogens with zero attached hydrogens (tertiary/aromatic N) is 7. The topological polar surface area (TPSA) is 135 Å². The Hall–Kier alpha value is -4.16. The van der Waals surface area contributed by atoms with E-state index in [0.717, 1.165) is 27.7 Å². The van der Waals surface area contributed by atoms with E-state index in [1.54, 1.807) is 23.9 Å². The highest BCUT2D eigenvalue weighted by Gasteiger charge is 2.33. The first-order chi connectivity index (χ1) is 18.4. The van der Waals surface area contributed by atoms with Crippen LogP contribution in [-0.4, -0.2) is 74.9 Å². The van der Waals surface area contributed by atoms with Gasteiger partial charge < -0.3 is 14.6 Å². The molecule has 0 radical (unpaired) electrons. The number of fused-ring (bicyclic) bond motifs is 1. The molecule has 198 valence electrons. The Balaban J connectivity index is 1.50. The molecule has 12 nitrogen and oxygen atoms in total. The number of aryl methyl sites for hydroxylation is 2. The van der Waals surface area contributed by atoms with Crippen LogP contribution in [0.5, 0.6) is 0 Å². The number of methoxy groups -OCH3 is 1. The number of piperazine rings is 1. The van der Waals surface area contributed by atoms with Crippen LogP contribution in [0.25, 0.3) is 10.9 Å². The number of ether oxygens (including phenoxy) is 1. The van der Waals surface area contributed by atoms with E-state index < -0.39 is 11.0 Å². The smallest absolute Gasteiger partial charge is 0.269 e. The van der Waals surface area contributed by atoms with E-state index in [1.165, 1.54) is 12.1 Å². The van der Waals surface area contributed by atoms with Crippen LogP contribution in [0.1, 0.15) is 28.6 Å². The molecular weight excluding hydrogens is 488 g/mol. The molecule has 0 unspecified atom stereocenters. The molecule has 0 aliphatic carbocycles. The van der Waals surface area contributed by atoms with E-state index in [2.05, 4.69) is 42.4 Å². The minimum atomic E-state index is -0.463. The monoisotopic (exact) mass is 518 g/mol. The van der Waals surface area contributed by atoms with Crippen molar-refractivity contribution in [2.45, 2.75) is 26.4 Å². The average molecular weight is 519 g/mol. The molecule has 1 atom stereocenters. The summed E-state index contributed by atoms with van der Waals surface area (Å²) in [5.41, 5.74) is 4.36. The number of pyridine rings is 1. The second-order valence-electron chi connectivity index (χ2n) is 9.55. The summed E-state index contributed by atoms with van der Waals surface area (Å²) in [6.45, 7) is 7.57. The second-order valence-corrected chi connectivity index (χ2v) is 9.55. The summed E-state index contributed by atoms with van der Waals surface area (Å²) in [5, 5.41) is 24.4. The Kier molecular flexibility index (Phi) is 7.16. The molecule has 1 aliphatic rings.